The van der Waals surface area contributed by atoms with Crippen molar-refractivity contribution in [1.82, 2.24) is 10.2 Å². The third kappa shape index (κ3) is 7.35. The van der Waals surface area contributed by atoms with E-state index >= 15 is 0 Å². The number of nitrogens with one attached hydrogen (secondary N) is 1. The average Bonchev–Trinajstić information content (AvgIpc) is 2.31. The lowest BCUT2D eigenvalue weighted by Crippen LogP contribution is -2.19. The first-order chi connectivity index (χ1) is 8.99. The van der Waals surface area contributed by atoms with Crippen LogP contribution in [0.5, 0.6) is 0 Å². The second-order valence-corrected chi connectivity index (χ2v) is 7.45. The van der Waals surface area contributed by atoms with Gasteiger partial charge in [0, 0.05) is 28.2 Å². The molecule has 0 fully saturated rings. The zero-order valence-electron chi connectivity index (χ0n) is 12.4. The van der Waals surface area contributed by atoms with E-state index in [4.69, 9.17) is 0 Å². The first-order valence-electron chi connectivity index (χ1n) is 6.75. The molecule has 0 aliphatic heterocycles. The number of rotatable bonds is 8. The van der Waals surface area contributed by atoms with E-state index in [1.54, 1.807) is 0 Å². The van der Waals surface area contributed by atoms with Crippen LogP contribution < -0.4 is 5.32 Å². The van der Waals surface area contributed by atoms with Crippen LogP contribution in [0.3, 0.4) is 0 Å². The number of hydrogen-bond donors (Lipinski definition) is 1. The highest BCUT2D eigenvalue weighted by Gasteiger charge is 2.03. The molecular weight excluding hydrogens is 320 g/mol. The summed E-state index contributed by atoms with van der Waals surface area (Å²) in [6, 6.07) is 6.67. The average molecular weight is 345 g/mol. The van der Waals surface area contributed by atoms with Crippen molar-refractivity contribution in [2.24, 2.45) is 5.92 Å². The van der Waals surface area contributed by atoms with Crippen LogP contribution in [0, 0.1) is 5.92 Å². The van der Waals surface area contributed by atoms with Gasteiger partial charge in [-0.05, 0) is 44.3 Å². The molecule has 0 saturated heterocycles. The molecule has 0 radical (unpaired) electrons. The van der Waals surface area contributed by atoms with Crippen LogP contribution in [0.15, 0.2) is 27.6 Å². The van der Waals surface area contributed by atoms with Crippen LogP contribution >= 0.6 is 27.7 Å². The molecule has 0 aliphatic rings. The van der Waals surface area contributed by atoms with Crippen LogP contribution in [0.1, 0.15) is 19.4 Å². The fourth-order valence-electron chi connectivity index (χ4n) is 1.60. The van der Waals surface area contributed by atoms with Crippen LogP contribution in [0.4, 0.5) is 0 Å². The summed E-state index contributed by atoms with van der Waals surface area (Å²) in [4.78, 5) is 3.55. The molecule has 0 heterocycles. The number of nitrogens with zero attached hydrogens (tertiary/aromatic N) is 1. The number of hydrogen-bond acceptors (Lipinski definition) is 3. The minimum absolute atomic E-state index is 0.694. The lowest BCUT2D eigenvalue weighted by molar-refractivity contribution is 0.437. The number of halogens is 1. The molecule has 2 nitrogen and oxygen atoms in total. The van der Waals surface area contributed by atoms with Gasteiger partial charge in [0.1, 0.15) is 0 Å². The van der Waals surface area contributed by atoms with Crippen molar-refractivity contribution >= 4 is 27.7 Å². The standard InChI is InChI=1S/C15H25BrN2S/c1-12(2)10-17-11-13-5-6-14(9-15(13)16)19-8-7-18(3)4/h5-6,9,12,17H,7-8,10-11H2,1-4H3. The van der Waals surface area contributed by atoms with Gasteiger partial charge >= 0.3 is 0 Å². The molecule has 0 atom stereocenters. The van der Waals surface area contributed by atoms with Crippen LogP contribution in [-0.2, 0) is 6.54 Å². The first kappa shape index (κ1) is 17.0. The lowest BCUT2D eigenvalue weighted by Gasteiger charge is -2.11. The van der Waals surface area contributed by atoms with Crippen molar-refractivity contribution in [2.45, 2.75) is 25.3 Å². The van der Waals surface area contributed by atoms with Crippen molar-refractivity contribution in [2.75, 3.05) is 32.9 Å². The van der Waals surface area contributed by atoms with E-state index in [9.17, 15) is 0 Å². The maximum Gasteiger partial charge on any atom is 0.0231 e. The largest absolute Gasteiger partial charge is 0.312 e. The fourth-order valence-corrected chi connectivity index (χ4v) is 3.33. The van der Waals surface area contributed by atoms with E-state index in [0.29, 0.717) is 5.92 Å². The summed E-state index contributed by atoms with van der Waals surface area (Å²) in [5.74, 6) is 1.82. The van der Waals surface area contributed by atoms with E-state index in [-0.39, 0.29) is 0 Å². The summed E-state index contributed by atoms with van der Waals surface area (Å²) in [6.45, 7) is 7.56. The molecule has 0 aromatic heterocycles. The third-order valence-electron chi connectivity index (χ3n) is 2.70. The van der Waals surface area contributed by atoms with Crippen molar-refractivity contribution in [3.05, 3.63) is 28.2 Å². The van der Waals surface area contributed by atoms with Gasteiger partial charge in [0.2, 0.25) is 0 Å². The van der Waals surface area contributed by atoms with Crippen molar-refractivity contribution in [3.63, 3.8) is 0 Å². The summed E-state index contributed by atoms with van der Waals surface area (Å²) >= 11 is 5.58. The molecule has 0 unspecified atom stereocenters. The zero-order valence-corrected chi connectivity index (χ0v) is 14.8. The van der Waals surface area contributed by atoms with Gasteiger partial charge in [-0.2, -0.15) is 0 Å². The van der Waals surface area contributed by atoms with Crippen LogP contribution in [0.2, 0.25) is 0 Å². The predicted octanol–water partition coefficient (Wildman–Crippen LogP) is 3.85. The Balaban J connectivity index is 2.45. The Morgan fingerprint density at radius 3 is 2.63 bits per heavy atom. The first-order valence-corrected chi connectivity index (χ1v) is 8.53. The van der Waals surface area contributed by atoms with Gasteiger partial charge in [-0.1, -0.05) is 35.8 Å². The molecule has 0 saturated carbocycles. The van der Waals surface area contributed by atoms with Crippen molar-refractivity contribution in [1.29, 1.82) is 0 Å². The van der Waals surface area contributed by atoms with Crippen LogP contribution in [0.25, 0.3) is 0 Å². The molecular formula is C15H25BrN2S. The molecule has 0 bridgehead atoms. The smallest absolute Gasteiger partial charge is 0.0231 e. The molecule has 1 N–H and O–H groups in total. The SMILES string of the molecule is CC(C)CNCc1ccc(SCCN(C)C)cc1Br. The molecule has 4 heteroatoms. The van der Waals surface area contributed by atoms with E-state index in [0.717, 1.165) is 25.4 Å². The highest BCUT2D eigenvalue weighted by atomic mass is 79.9. The maximum atomic E-state index is 3.67. The van der Waals surface area contributed by atoms with Gasteiger partial charge in [0.15, 0.2) is 0 Å². The minimum Gasteiger partial charge on any atom is -0.312 e. The summed E-state index contributed by atoms with van der Waals surface area (Å²) in [5.41, 5.74) is 1.33. The summed E-state index contributed by atoms with van der Waals surface area (Å²) < 4.78 is 1.21. The Bertz CT molecular complexity index is 380. The number of thioether (sulfide) groups is 1. The molecule has 108 valence electrons. The van der Waals surface area contributed by atoms with E-state index in [1.165, 1.54) is 14.9 Å². The summed E-state index contributed by atoms with van der Waals surface area (Å²) in [6.07, 6.45) is 0. The Kier molecular flexibility index (Phi) is 8.07. The molecule has 0 spiro atoms. The Labute approximate surface area is 130 Å². The summed E-state index contributed by atoms with van der Waals surface area (Å²) in [7, 11) is 4.22. The quantitative estimate of drug-likeness (QED) is 0.721. The highest BCUT2D eigenvalue weighted by Crippen LogP contribution is 2.25. The minimum atomic E-state index is 0.694. The maximum absolute atomic E-state index is 3.67. The van der Waals surface area contributed by atoms with Gasteiger partial charge in [-0.15, -0.1) is 11.8 Å². The van der Waals surface area contributed by atoms with E-state index < -0.39 is 0 Å². The molecule has 1 aromatic rings. The second kappa shape index (κ2) is 9.01. The van der Waals surface area contributed by atoms with Gasteiger partial charge < -0.3 is 10.2 Å². The molecule has 19 heavy (non-hydrogen) atoms. The van der Waals surface area contributed by atoms with E-state index in [2.05, 4.69) is 72.3 Å². The lowest BCUT2D eigenvalue weighted by atomic mass is 10.2. The van der Waals surface area contributed by atoms with Gasteiger partial charge in [-0.3, -0.25) is 0 Å². The Morgan fingerprint density at radius 2 is 2.05 bits per heavy atom. The monoisotopic (exact) mass is 344 g/mol. The van der Waals surface area contributed by atoms with Gasteiger partial charge in [-0.25, -0.2) is 0 Å². The highest BCUT2D eigenvalue weighted by molar-refractivity contribution is 9.10. The number of benzene rings is 1. The molecule has 0 aliphatic carbocycles. The Morgan fingerprint density at radius 1 is 1.32 bits per heavy atom. The third-order valence-corrected chi connectivity index (χ3v) is 4.41. The van der Waals surface area contributed by atoms with Gasteiger partial charge in [0.05, 0.1) is 0 Å². The van der Waals surface area contributed by atoms with Crippen LogP contribution in [-0.4, -0.2) is 37.8 Å². The zero-order chi connectivity index (χ0) is 14.3. The summed E-state index contributed by atoms with van der Waals surface area (Å²) in [5, 5.41) is 3.48. The Hall–Kier alpha value is -0.0300. The van der Waals surface area contributed by atoms with Gasteiger partial charge in [0.25, 0.3) is 0 Å². The topological polar surface area (TPSA) is 15.3 Å². The second-order valence-electron chi connectivity index (χ2n) is 5.43. The molecule has 1 aromatic carbocycles. The predicted molar refractivity (Wildman–Crippen MR) is 90.0 cm³/mol. The molecule has 1 rings (SSSR count). The van der Waals surface area contributed by atoms with Crippen molar-refractivity contribution in [3.8, 4) is 0 Å². The van der Waals surface area contributed by atoms with Crippen molar-refractivity contribution < 1.29 is 0 Å². The molecule has 0 amide bonds. The fraction of sp³-hybridized carbons (Fsp3) is 0.600. The van der Waals surface area contributed by atoms with E-state index in [1.807, 2.05) is 11.8 Å². The normalized spacial score (nSPS) is 11.5.